The van der Waals surface area contributed by atoms with Crippen molar-refractivity contribution in [1.29, 1.82) is 0 Å². The monoisotopic (exact) mass is 219 g/mol. The highest BCUT2D eigenvalue weighted by Gasteiger charge is 2.01. The minimum atomic E-state index is 0. The number of hydroxylamine groups is 1. The van der Waals surface area contributed by atoms with Crippen molar-refractivity contribution >= 4 is 12.4 Å². The molecule has 0 unspecified atom stereocenters. The molecule has 0 aliphatic heterocycles. The quantitative estimate of drug-likeness (QED) is 0.669. The molecular weight excluding hydrogens is 206 g/mol. The summed E-state index contributed by atoms with van der Waals surface area (Å²) in [5.74, 6) is 0.582. The summed E-state index contributed by atoms with van der Waals surface area (Å²) in [5, 5.41) is 17.6. The Kier molecular flexibility index (Phi) is 6.03. The maximum absolute atomic E-state index is 9.27. The summed E-state index contributed by atoms with van der Waals surface area (Å²) in [4.78, 5) is 0. The van der Waals surface area contributed by atoms with E-state index < -0.39 is 0 Å². The van der Waals surface area contributed by atoms with Crippen molar-refractivity contribution in [2.75, 3.05) is 13.7 Å². The van der Waals surface area contributed by atoms with E-state index in [0.29, 0.717) is 18.7 Å². The maximum atomic E-state index is 9.27. The predicted octanol–water partition coefficient (Wildman–Crippen LogP) is 1.34. The first-order chi connectivity index (χ1) is 6.27. The number of halogens is 1. The number of methoxy groups -OCH3 is 1. The molecule has 0 saturated heterocycles. The molecule has 3 N–H and O–H groups in total. The number of nitrogens with one attached hydrogen (secondary N) is 1. The Morgan fingerprint density at radius 1 is 1.43 bits per heavy atom. The van der Waals surface area contributed by atoms with Crippen LogP contribution in [0.5, 0.6) is 11.5 Å². The molecule has 0 heterocycles. The van der Waals surface area contributed by atoms with Crippen molar-refractivity contribution in [2.45, 2.75) is 6.42 Å². The highest BCUT2D eigenvalue weighted by molar-refractivity contribution is 5.85. The lowest BCUT2D eigenvalue weighted by Gasteiger charge is -2.05. The summed E-state index contributed by atoms with van der Waals surface area (Å²) in [6, 6.07) is 5.10. The Bertz CT molecular complexity index is 281. The second kappa shape index (κ2) is 6.48. The van der Waals surface area contributed by atoms with E-state index in [2.05, 4.69) is 5.48 Å². The maximum Gasteiger partial charge on any atom is 0.160 e. The van der Waals surface area contributed by atoms with E-state index >= 15 is 0 Å². The highest BCUT2D eigenvalue weighted by Crippen LogP contribution is 2.26. The van der Waals surface area contributed by atoms with Gasteiger partial charge in [0.05, 0.1) is 7.11 Å². The van der Waals surface area contributed by atoms with E-state index in [1.54, 1.807) is 18.2 Å². The predicted molar refractivity (Wildman–Crippen MR) is 55.4 cm³/mol. The van der Waals surface area contributed by atoms with Gasteiger partial charge in [-0.2, -0.15) is 0 Å². The normalized spacial score (nSPS) is 9.29. The number of phenolic OH excluding ortho intramolecular Hbond substituents is 1. The second-order valence-electron chi connectivity index (χ2n) is 2.66. The molecule has 0 bridgehead atoms. The summed E-state index contributed by atoms with van der Waals surface area (Å²) in [6.07, 6.45) is 0.688. The Hall–Kier alpha value is -0.970. The van der Waals surface area contributed by atoms with Gasteiger partial charge in [-0.1, -0.05) is 6.07 Å². The largest absolute Gasteiger partial charge is 0.504 e. The van der Waals surface area contributed by atoms with Gasteiger partial charge in [0, 0.05) is 6.54 Å². The lowest BCUT2D eigenvalue weighted by atomic mass is 10.1. The standard InChI is InChI=1S/C9H13NO3.ClH/c1-13-9-6-7(4-5-10-12)2-3-8(9)11;/h2-3,6,10-12H,4-5H2,1H3;1H. The van der Waals surface area contributed by atoms with Crippen LogP contribution in [0.1, 0.15) is 5.56 Å². The van der Waals surface area contributed by atoms with Gasteiger partial charge in [0.15, 0.2) is 11.5 Å². The number of ether oxygens (including phenoxy) is 1. The fraction of sp³-hybridized carbons (Fsp3) is 0.333. The zero-order valence-corrected chi connectivity index (χ0v) is 8.67. The Morgan fingerprint density at radius 2 is 2.14 bits per heavy atom. The van der Waals surface area contributed by atoms with Gasteiger partial charge in [0.1, 0.15) is 0 Å². The van der Waals surface area contributed by atoms with E-state index in [1.807, 2.05) is 0 Å². The van der Waals surface area contributed by atoms with E-state index in [1.165, 1.54) is 7.11 Å². The van der Waals surface area contributed by atoms with Crippen LogP contribution in [0.15, 0.2) is 18.2 Å². The molecule has 0 atom stereocenters. The molecule has 1 rings (SSSR count). The van der Waals surface area contributed by atoms with Gasteiger partial charge in [0.2, 0.25) is 0 Å². The lowest BCUT2D eigenvalue weighted by Crippen LogP contribution is -2.11. The average Bonchev–Trinajstić information content (AvgIpc) is 2.16. The van der Waals surface area contributed by atoms with Crippen LogP contribution < -0.4 is 10.2 Å². The van der Waals surface area contributed by atoms with Crippen molar-refractivity contribution in [2.24, 2.45) is 0 Å². The van der Waals surface area contributed by atoms with E-state index in [4.69, 9.17) is 9.94 Å². The molecule has 0 aromatic heterocycles. The van der Waals surface area contributed by atoms with Crippen molar-refractivity contribution < 1.29 is 15.1 Å². The second-order valence-corrected chi connectivity index (χ2v) is 2.66. The molecule has 5 heteroatoms. The third kappa shape index (κ3) is 3.41. The van der Waals surface area contributed by atoms with Crippen LogP contribution >= 0.6 is 12.4 Å². The van der Waals surface area contributed by atoms with Gasteiger partial charge in [0.25, 0.3) is 0 Å². The SMILES string of the molecule is COc1cc(CCNO)ccc1O.Cl. The van der Waals surface area contributed by atoms with E-state index in [9.17, 15) is 5.11 Å². The molecule has 0 fully saturated rings. The van der Waals surface area contributed by atoms with Crippen LogP contribution in [0.4, 0.5) is 0 Å². The first-order valence-electron chi connectivity index (χ1n) is 4.00. The first kappa shape index (κ1) is 13.0. The fourth-order valence-corrected chi connectivity index (χ4v) is 1.08. The van der Waals surface area contributed by atoms with Gasteiger partial charge < -0.3 is 15.1 Å². The van der Waals surface area contributed by atoms with Crippen molar-refractivity contribution in [1.82, 2.24) is 5.48 Å². The van der Waals surface area contributed by atoms with Crippen LogP contribution in [-0.4, -0.2) is 24.0 Å². The Morgan fingerprint density at radius 3 is 2.71 bits per heavy atom. The van der Waals surface area contributed by atoms with Crippen LogP contribution in [0.2, 0.25) is 0 Å². The summed E-state index contributed by atoms with van der Waals surface area (Å²) in [7, 11) is 1.50. The molecular formula is C9H14ClNO3. The molecule has 14 heavy (non-hydrogen) atoms. The third-order valence-electron chi connectivity index (χ3n) is 1.77. The molecule has 0 amide bonds. The van der Waals surface area contributed by atoms with E-state index in [0.717, 1.165) is 5.56 Å². The number of hydrogen-bond acceptors (Lipinski definition) is 4. The molecule has 1 aromatic rings. The summed E-state index contributed by atoms with van der Waals surface area (Å²) < 4.78 is 4.93. The van der Waals surface area contributed by atoms with Crippen LogP contribution in [0.25, 0.3) is 0 Å². The van der Waals surface area contributed by atoms with Crippen LogP contribution in [0.3, 0.4) is 0 Å². The van der Waals surface area contributed by atoms with Crippen molar-refractivity contribution in [3.8, 4) is 11.5 Å². The molecule has 0 spiro atoms. The van der Waals surface area contributed by atoms with Gasteiger partial charge in [-0.3, -0.25) is 0 Å². The molecule has 0 saturated carbocycles. The van der Waals surface area contributed by atoms with Gasteiger partial charge in [-0.25, -0.2) is 5.48 Å². The Balaban J connectivity index is 0.00000169. The molecule has 4 nitrogen and oxygen atoms in total. The number of phenols is 1. The van der Waals surface area contributed by atoms with Crippen LogP contribution in [-0.2, 0) is 6.42 Å². The number of rotatable bonds is 4. The van der Waals surface area contributed by atoms with Gasteiger partial charge >= 0.3 is 0 Å². The molecule has 1 aromatic carbocycles. The zero-order chi connectivity index (χ0) is 9.68. The average molecular weight is 220 g/mol. The minimum Gasteiger partial charge on any atom is -0.504 e. The lowest BCUT2D eigenvalue weighted by molar-refractivity contribution is 0.168. The van der Waals surface area contributed by atoms with Crippen molar-refractivity contribution in [3.05, 3.63) is 23.8 Å². The topological polar surface area (TPSA) is 61.7 Å². The minimum absolute atomic E-state index is 0. The number of aromatic hydroxyl groups is 1. The zero-order valence-electron chi connectivity index (χ0n) is 7.86. The Labute approximate surface area is 88.9 Å². The third-order valence-corrected chi connectivity index (χ3v) is 1.77. The van der Waals surface area contributed by atoms with Gasteiger partial charge in [-0.15, -0.1) is 12.4 Å². The molecule has 0 aliphatic rings. The number of hydrogen-bond donors (Lipinski definition) is 3. The smallest absolute Gasteiger partial charge is 0.160 e. The van der Waals surface area contributed by atoms with E-state index in [-0.39, 0.29) is 18.2 Å². The first-order valence-corrected chi connectivity index (χ1v) is 4.00. The summed E-state index contributed by atoms with van der Waals surface area (Å²) in [5.41, 5.74) is 3.06. The highest BCUT2D eigenvalue weighted by atomic mass is 35.5. The number of benzene rings is 1. The van der Waals surface area contributed by atoms with Crippen LogP contribution in [0, 0.1) is 0 Å². The van der Waals surface area contributed by atoms with Gasteiger partial charge in [-0.05, 0) is 24.1 Å². The molecule has 80 valence electrons. The molecule has 0 radical (unpaired) electrons. The summed E-state index contributed by atoms with van der Waals surface area (Å²) >= 11 is 0. The fourth-order valence-electron chi connectivity index (χ4n) is 1.08. The van der Waals surface area contributed by atoms with Crippen molar-refractivity contribution in [3.63, 3.8) is 0 Å². The molecule has 0 aliphatic carbocycles. The summed E-state index contributed by atoms with van der Waals surface area (Å²) in [6.45, 7) is 0.480.